The maximum Gasteiger partial charge on any atom is 0.321 e. The van der Waals surface area contributed by atoms with Gasteiger partial charge in [0, 0.05) is 51.0 Å². The van der Waals surface area contributed by atoms with Gasteiger partial charge in [-0.3, -0.25) is 0 Å². The van der Waals surface area contributed by atoms with Crippen molar-refractivity contribution < 1.29 is 4.79 Å². The van der Waals surface area contributed by atoms with Crippen LogP contribution in [0.3, 0.4) is 0 Å². The van der Waals surface area contributed by atoms with E-state index in [2.05, 4.69) is 20.4 Å². The summed E-state index contributed by atoms with van der Waals surface area (Å²) in [4.78, 5) is 18.2. The second-order valence-electron chi connectivity index (χ2n) is 6.06. The van der Waals surface area contributed by atoms with Crippen molar-refractivity contribution in [2.75, 3.05) is 55.4 Å². The summed E-state index contributed by atoms with van der Waals surface area (Å²) in [5.74, 6) is 1.66. The number of carbonyl (C=O) groups is 1. The second kappa shape index (κ2) is 7.57. The van der Waals surface area contributed by atoms with Crippen molar-refractivity contribution in [3.05, 3.63) is 41.4 Å². The molecule has 1 aromatic carbocycles. The molecular formula is C17H21ClN6O. The molecule has 1 aliphatic heterocycles. The number of carbonyl (C=O) groups excluding carboxylic acids is 1. The van der Waals surface area contributed by atoms with Crippen molar-refractivity contribution in [1.82, 2.24) is 15.1 Å². The van der Waals surface area contributed by atoms with Crippen LogP contribution in [0.2, 0.25) is 5.02 Å². The minimum Gasteiger partial charge on any atom is -0.361 e. The largest absolute Gasteiger partial charge is 0.361 e. The number of halogens is 1. The Morgan fingerprint density at radius 3 is 2.48 bits per heavy atom. The Hall–Kier alpha value is -2.54. The SMILES string of the molecule is CN(C)c1ccc(N2CCN(C(=O)Nc3cccc(Cl)c3)CC2)nn1. The topological polar surface area (TPSA) is 64.6 Å². The smallest absolute Gasteiger partial charge is 0.321 e. The second-order valence-corrected chi connectivity index (χ2v) is 6.50. The number of hydrogen-bond acceptors (Lipinski definition) is 5. The van der Waals surface area contributed by atoms with Crippen LogP contribution >= 0.6 is 11.6 Å². The Kier molecular flexibility index (Phi) is 5.23. The first-order valence-corrected chi connectivity index (χ1v) is 8.48. The zero-order valence-electron chi connectivity index (χ0n) is 14.3. The number of aromatic nitrogens is 2. The number of amides is 2. The van der Waals surface area contributed by atoms with Gasteiger partial charge in [-0.1, -0.05) is 17.7 Å². The third-order valence-electron chi connectivity index (χ3n) is 4.06. The van der Waals surface area contributed by atoms with E-state index in [1.165, 1.54) is 0 Å². The fraction of sp³-hybridized carbons (Fsp3) is 0.353. The van der Waals surface area contributed by atoms with E-state index in [0.717, 1.165) is 24.7 Å². The highest BCUT2D eigenvalue weighted by Crippen LogP contribution is 2.18. The van der Waals surface area contributed by atoms with Crippen LogP contribution in [0.15, 0.2) is 36.4 Å². The first-order valence-electron chi connectivity index (χ1n) is 8.10. The molecule has 0 spiro atoms. The number of hydrogen-bond donors (Lipinski definition) is 1. The van der Waals surface area contributed by atoms with Crippen molar-refractivity contribution in [2.45, 2.75) is 0 Å². The highest BCUT2D eigenvalue weighted by atomic mass is 35.5. The fourth-order valence-electron chi connectivity index (χ4n) is 2.63. The van der Waals surface area contributed by atoms with Crippen molar-refractivity contribution in [3.63, 3.8) is 0 Å². The summed E-state index contributed by atoms with van der Waals surface area (Å²) in [7, 11) is 3.86. The average Bonchev–Trinajstić information content (AvgIpc) is 2.62. The Labute approximate surface area is 152 Å². The van der Waals surface area contributed by atoms with E-state index in [0.29, 0.717) is 23.8 Å². The van der Waals surface area contributed by atoms with Crippen molar-refractivity contribution in [1.29, 1.82) is 0 Å². The summed E-state index contributed by atoms with van der Waals surface area (Å²) in [6, 6.07) is 10.9. The quantitative estimate of drug-likeness (QED) is 0.911. The van der Waals surface area contributed by atoms with Crippen LogP contribution in [0.5, 0.6) is 0 Å². The van der Waals surface area contributed by atoms with Gasteiger partial charge in [-0.05, 0) is 30.3 Å². The molecule has 3 rings (SSSR count). The third-order valence-corrected chi connectivity index (χ3v) is 4.30. The number of rotatable bonds is 3. The molecule has 2 aromatic rings. The van der Waals surface area contributed by atoms with Crippen LogP contribution in [0.4, 0.5) is 22.1 Å². The Morgan fingerprint density at radius 2 is 1.88 bits per heavy atom. The summed E-state index contributed by atoms with van der Waals surface area (Å²) in [5.41, 5.74) is 0.699. The average molecular weight is 361 g/mol. The lowest BCUT2D eigenvalue weighted by molar-refractivity contribution is 0.208. The van der Waals surface area contributed by atoms with Crippen LogP contribution in [0.25, 0.3) is 0 Å². The van der Waals surface area contributed by atoms with Gasteiger partial charge < -0.3 is 20.0 Å². The lowest BCUT2D eigenvalue weighted by atomic mass is 10.3. The predicted octanol–water partition coefficient (Wildman–Crippen LogP) is 2.55. The van der Waals surface area contributed by atoms with E-state index >= 15 is 0 Å². The Balaban J connectivity index is 1.55. The number of nitrogens with zero attached hydrogens (tertiary/aromatic N) is 5. The molecule has 0 atom stereocenters. The molecule has 1 fully saturated rings. The number of anilines is 3. The van der Waals surface area contributed by atoms with Gasteiger partial charge in [-0.2, -0.15) is 0 Å². The zero-order valence-corrected chi connectivity index (χ0v) is 15.1. The van der Waals surface area contributed by atoms with Gasteiger partial charge in [0.05, 0.1) is 0 Å². The van der Waals surface area contributed by atoms with E-state index in [4.69, 9.17) is 11.6 Å². The molecule has 1 N–H and O–H groups in total. The molecule has 2 amide bonds. The van der Waals surface area contributed by atoms with Gasteiger partial charge in [0.25, 0.3) is 0 Å². The lowest BCUT2D eigenvalue weighted by Crippen LogP contribution is -2.50. The number of piperazine rings is 1. The van der Waals surface area contributed by atoms with E-state index in [1.807, 2.05) is 43.3 Å². The summed E-state index contributed by atoms with van der Waals surface area (Å²) in [6.07, 6.45) is 0. The van der Waals surface area contributed by atoms with Crippen molar-refractivity contribution >= 4 is 35.0 Å². The van der Waals surface area contributed by atoms with Crippen LogP contribution < -0.4 is 15.1 Å². The first-order chi connectivity index (χ1) is 12.0. The molecular weight excluding hydrogens is 340 g/mol. The minimum absolute atomic E-state index is 0.115. The highest BCUT2D eigenvalue weighted by molar-refractivity contribution is 6.30. The van der Waals surface area contributed by atoms with E-state index in [1.54, 1.807) is 17.0 Å². The normalized spacial score (nSPS) is 14.4. The molecule has 1 aliphatic rings. The van der Waals surface area contributed by atoms with Crippen LogP contribution in [0.1, 0.15) is 0 Å². The summed E-state index contributed by atoms with van der Waals surface area (Å²) in [6.45, 7) is 2.70. The maximum absolute atomic E-state index is 12.4. The minimum atomic E-state index is -0.115. The highest BCUT2D eigenvalue weighted by Gasteiger charge is 2.22. The van der Waals surface area contributed by atoms with Crippen molar-refractivity contribution in [2.24, 2.45) is 0 Å². The van der Waals surface area contributed by atoms with Crippen molar-refractivity contribution in [3.8, 4) is 0 Å². The summed E-state index contributed by atoms with van der Waals surface area (Å²) in [5, 5.41) is 11.9. The summed E-state index contributed by atoms with van der Waals surface area (Å²) >= 11 is 5.94. The number of nitrogens with one attached hydrogen (secondary N) is 1. The molecule has 8 heteroatoms. The molecule has 132 valence electrons. The standard InChI is InChI=1S/C17H21ClN6O/c1-22(2)15-6-7-16(21-20-15)23-8-10-24(11-9-23)17(25)19-14-5-3-4-13(18)12-14/h3-7,12H,8-11H2,1-2H3,(H,19,25). The molecule has 0 radical (unpaired) electrons. The molecule has 0 unspecified atom stereocenters. The van der Waals surface area contributed by atoms with Gasteiger partial charge in [0.15, 0.2) is 11.6 Å². The van der Waals surface area contributed by atoms with Gasteiger partial charge in [0.2, 0.25) is 0 Å². The molecule has 1 saturated heterocycles. The van der Waals surface area contributed by atoms with Crippen LogP contribution in [0, 0.1) is 0 Å². The van der Waals surface area contributed by atoms with E-state index in [-0.39, 0.29) is 6.03 Å². The van der Waals surface area contributed by atoms with Crippen LogP contribution in [-0.2, 0) is 0 Å². The fourth-order valence-corrected chi connectivity index (χ4v) is 2.82. The van der Waals surface area contributed by atoms with E-state index < -0.39 is 0 Å². The molecule has 2 heterocycles. The van der Waals surface area contributed by atoms with Gasteiger partial charge >= 0.3 is 6.03 Å². The number of urea groups is 1. The lowest BCUT2D eigenvalue weighted by Gasteiger charge is -2.35. The molecule has 0 aliphatic carbocycles. The van der Waals surface area contributed by atoms with Gasteiger partial charge in [0.1, 0.15) is 0 Å². The maximum atomic E-state index is 12.4. The molecule has 0 bridgehead atoms. The third kappa shape index (κ3) is 4.30. The van der Waals surface area contributed by atoms with Gasteiger partial charge in [-0.15, -0.1) is 10.2 Å². The Morgan fingerprint density at radius 1 is 1.12 bits per heavy atom. The molecule has 7 nitrogen and oxygen atoms in total. The predicted molar refractivity (Wildman–Crippen MR) is 101 cm³/mol. The van der Waals surface area contributed by atoms with Gasteiger partial charge in [-0.25, -0.2) is 4.79 Å². The molecule has 25 heavy (non-hydrogen) atoms. The monoisotopic (exact) mass is 360 g/mol. The Bertz CT molecular complexity index is 728. The van der Waals surface area contributed by atoms with Crippen LogP contribution in [-0.4, -0.2) is 61.4 Å². The first kappa shape index (κ1) is 17.3. The molecule has 0 saturated carbocycles. The van der Waals surface area contributed by atoms with E-state index in [9.17, 15) is 4.79 Å². The number of benzene rings is 1. The summed E-state index contributed by atoms with van der Waals surface area (Å²) < 4.78 is 0. The zero-order chi connectivity index (χ0) is 17.8. The molecule has 1 aromatic heterocycles.